The van der Waals surface area contributed by atoms with Gasteiger partial charge in [-0.1, -0.05) is 6.08 Å². The van der Waals surface area contributed by atoms with Crippen molar-refractivity contribution in [2.24, 2.45) is 5.92 Å². The van der Waals surface area contributed by atoms with Crippen molar-refractivity contribution in [1.29, 1.82) is 0 Å². The first kappa shape index (κ1) is 19.1. The molecule has 1 aliphatic carbocycles. The molecule has 2 aliphatic rings. The minimum Gasteiger partial charge on any atom is -0.349 e. The molecule has 142 valence electrons. The molecule has 0 bridgehead atoms. The fourth-order valence-electron chi connectivity index (χ4n) is 3.35. The maximum absolute atomic E-state index is 12.5. The van der Waals surface area contributed by atoms with E-state index < -0.39 is 10.0 Å². The molecule has 0 radical (unpaired) electrons. The highest BCUT2D eigenvalue weighted by Crippen LogP contribution is 2.19. The van der Waals surface area contributed by atoms with E-state index in [0.717, 1.165) is 45.3 Å². The second kappa shape index (κ2) is 8.33. The predicted octanol–water partition coefficient (Wildman–Crippen LogP) is 1.76. The fourth-order valence-corrected chi connectivity index (χ4v) is 4.46. The maximum atomic E-state index is 12.5. The topological polar surface area (TPSA) is 78.5 Å². The number of hydrogen-bond acceptors (Lipinski definition) is 4. The number of nitrogens with zero attached hydrogens (tertiary/aromatic N) is 1. The highest BCUT2D eigenvalue weighted by Gasteiger charge is 2.24. The van der Waals surface area contributed by atoms with E-state index in [4.69, 9.17) is 0 Å². The fraction of sp³-hybridized carbons (Fsp3) is 0.526. The zero-order chi connectivity index (χ0) is 18.6. The van der Waals surface area contributed by atoms with Crippen LogP contribution in [0.2, 0.25) is 0 Å². The van der Waals surface area contributed by atoms with E-state index in [-0.39, 0.29) is 16.8 Å². The number of nitrogens with one attached hydrogen (secondary N) is 2. The lowest BCUT2D eigenvalue weighted by atomic mass is 9.93. The van der Waals surface area contributed by atoms with Crippen molar-refractivity contribution in [1.82, 2.24) is 14.9 Å². The van der Waals surface area contributed by atoms with Crippen LogP contribution < -0.4 is 10.0 Å². The summed E-state index contributed by atoms with van der Waals surface area (Å²) in [6.45, 7) is 6.87. The maximum Gasteiger partial charge on any atom is 0.251 e. The summed E-state index contributed by atoms with van der Waals surface area (Å²) in [5.41, 5.74) is 0.492. The normalized spacial score (nSPS) is 21.3. The molecule has 1 aromatic carbocycles. The van der Waals surface area contributed by atoms with Gasteiger partial charge in [-0.2, -0.15) is 0 Å². The van der Waals surface area contributed by atoms with E-state index in [1.165, 1.54) is 12.1 Å². The molecule has 0 unspecified atom stereocenters. The summed E-state index contributed by atoms with van der Waals surface area (Å²) in [6.07, 6.45) is 6.05. The van der Waals surface area contributed by atoms with Crippen molar-refractivity contribution >= 4 is 15.9 Å². The number of benzene rings is 1. The van der Waals surface area contributed by atoms with Gasteiger partial charge in [-0.3, -0.25) is 9.69 Å². The Morgan fingerprint density at radius 1 is 1.23 bits per heavy atom. The van der Waals surface area contributed by atoms with Crippen LogP contribution in [0, 0.1) is 5.92 Å². The third kappa shape index (κ3) is 4.72. The summed E-state index contributed by atoms with van der Waals surface area (Å²) in [5.74, 6) is 0.178. The first-order chi connectivity index (χ1) is 12.5. The summed E-state index contributed by atoms with van der Waals surface area (Å²) in [7, 11) is -3.56. The second-order valence-electron chi connectivity index (χ2n) is 7.18. The monoisotopic (exact) mass is 377 g/mol. The molecule has 0 aromatic heterocycles. The molecule has 1 heterocycles. The lowest BCUT2D eigenvalue weighted by molar-refractivity contribution is 0.0917. The zero-order valence-corrected chi connectivity index (χ0v) is 15.8. The standard InChI is InChI=1S/C19H27N3O3S/c1-2-11-22-12-10-15(14-22)13-20-26(24,25)18-8-6-16(7-9-18)19(23)21-17-4-3-5-17/h2,6-9,15,17,20H,1,3-5,10-14H2,(H,21,23)/t15-/m1/s1. The Labute approximate surface area is 155 Å². The van der Waals surface area contributed by atoms with Crippen LogP contribution in [0.15, 0.2) is 41.8 Å². The Balaban J connectivity index is 1.53. The largest absolute Gasteiger partial charge is 0.349 e. The molecule has 3 rings (SSSR count). The Kier molecular flexibility index (Phi) is 6.11. The summed E-state index contributed by atoms with van der Waals surface area (Å²) < 4.78 is 27.6. The highest BCUT2D eigenvalue weighted by molar-refractivity contribution is 7.89. The van der Waals surface area contributed by atoms with Crippen LogP contribution in [-0.2, 0) is 10.0 Å². The summed E-state index contributed by atoms with van der Waals surface area (Å²) in [4.78, 5) is 14.6. The van der Waals surface area contributed by atoms with Crippen LogP contribution >= 0.6 is 0 Å². The molecule has 1 aliphatic heterocycles. The predicted molar refractivity (Wildman–Crippen MR) is 101 cm³/mol. The molecule has 26 heavy (non-hydrogen) atoms. The van der Waals surface area contributed by atoms with Gasteiger partial charge in [0.05, 0.1) is 4.90 Å². The Hall–Kier alpha value is -1.70. The van der Waals surface area contributed by atoms with E-state index in [1.54, 1.807) is 12.1 Å². The number of amides is 1. The Bertz CT molecular complexity index is 742. The third-order valence-corrected chi connectivity index (χ3v) is 6.63. The van der Waals surface area contributed by atoms with E-state index in [9.17, 15) is 13.2 Å². The molecule has 0 spiro atoms. The van der Waals surface area contributed by atoms with Crippen LogP contribution in [-0.4, -0.2) is 51.4 Å². The number of rotatable bonds is 8. The van der Waals surface area contributed by atoms with Crippen molar-refractivity contribution in [2.45, 2.75) is 36.6 Å². The molecule has 1 saturated heterocycles. The molecule has 1 aromatic rings. The van der Waals surface area contributed by atoms with Gasteiger partial charge in [0.15, 0.2) is 0 Å². The summed E-state index contributed by atoms with van der Waals surface area (Å²) in [5, 5.41) is 2.95. The van der Waals surface area contributed by atoms with Gasteiger partial charge >= 0.3 is 0 Å². The van der Waals surface area contributed by atoms with E-state index in [0.29, 0.717) is 18.0 Å². The van der Waals surface area contributed by atoms with Gasteiger partial charge in [-0.05, 0) is 62.4 Å². The van der Waals surface area contributed by atoms with E-state index >= 15 is 0 Å². The number of carbonyl (C=O) groups is 1. The smallest absolute Gasteiger partial charge is 0.251 e. The summed E-state index contributed by atoms with van der Waals surface area (Å²) in [6, 6.07) is 6.40. The Morgan fingerprint density at radius 3 is 2.58 bits per heavy atom. The van der Waals surface area contributed by atoms with E-state index in [2.05, 4.69) is 21.5 Å². The lowest BCUT2D eigenvalue weighted by Gasteiger charge is -2.26. The van der Waals surface area contributed by atoms with Gasteiger partial charge in [-0.25, -0.2) is 13.1 Å². The molecular formula is C19H27N3O3S. The van der Waals surface area contributed by atoms with Crippen molar-refractivity contribution < 1.29 is 13.2 Å². The van der Waals surface area contributed by atoms with Gasteiger partial charge < -0.3 is 5.32 Å². The van der Waals surface area contributed by atoms with Gasteiger partial charge in [0.2, 0.25) is 10.0 Å². The SMILES string of the molecule is C=CCN1CC[C@H](CNS(=O)(=O)c2ccc(C(=O)NC3CCC3)cc2)C1. The minimum atomic E-state index is -3.56. The first-order valence-corrected chi connectivity index (χ1v) is 10.7. The minimum absolute atomic E-state index is 0.139. The van der Waals surface area contributed by atoms with Crippen LogP contribution in [0.3, 0.4) is 0 Å². The average Bonchev–Trinajstić information content (AvgIpc) is 3.04. The highest BCUT2D eigenvalue weighted by atomic mass is 32.2. The zero-order valence-electron chi connectivity index (χ0n) is 15.0. The van der Waals surface area contributed by atoms with Crippen LogP contribution in [0.25, 0.3) is 0 Å². The molecule has 6 nitrogen and oxygen atoms in total. The number of hydrogen-bond donors (Lipinski definition) is 2. The van der Waals surface area contributed by atoms with Crippen molar-refractivity contribution in [3.05, 3.63) is 42.5 Å². The molecule has 1 amide bonds. The summed E-state index contributed by atoms with van der Waals surface area (Å²) >= 11 is 0. The molecule has 7 heteroatoms. The first-order valence-electron chi connectivity index (χ1n) is 9.22. The quantitative estimate of drug-likeness (QED) is 0.677. The molecule has 1 saturated carbocycles. The number of carbonyl (C=O) groups excluding carboxylic acids is 1. The molecule has 2 N–H and O–H groups in total. The van der Waals surface area contributed by atoms with Gasteiger partial charge in [-0.15, -0.1) is 6.58 Å². The van der Waals surface area contributed by atoms with Crippen molar-refractivity contribution in [3.8, 4) is 0 Å². The van der Waals surface area contributed by atoms with Gasteiger partial charge in [0.1, 0.15) is 0 Å². The van der Waals surface area contributed by atoms with E-state index in [1.807, 2.05) is 6.08 Å². The van der Waals surface area contributed by atoms with Crippen molar-refractivity contribution in [3.63, 3.8) is 0 Å². The average molecular weight is 378 g/mol. The third-order valence-electron chi connectivity index (χ3n) is 5.19. The number of sulfonamides is 1. The molecular weight excluding hydrogens is 350 g/mol. The molecule has 1 atom stereocenters. The van der Waals surface area contributed by atoms with Crippen LogP contribution in [0.5, 0.6) is 0 Å². The van der Waals surface area contributed by atoms with Gasteiger partial charge in [0, 0.05) is 31.2 Å². The second-order valence-corrected chi connectivity index (χ2v) is 8.95. The number of likely N-dealkylation sites (tertiary alicyclic amines) is 1. The Morgan fingerprint density at radius 2 is 1.96 bits per heavy atom. The molecule has 2 fully saturated rings. The van der Waals surface area contributed by atoms with Crippen molar-refractivity contribution in [2.75, 3.05) is 26.2 Å². The van der Waals surface area contributed by atoms with Gasteiger partial charge in [0.25, 0.3) is 5.91 Å². The lowest BCUT2D eigenvalue weighted by Crippen LogP contribution is -2.39. The van der Waals surface area contributed by atoms with Crippen LogP contribution in [0.1, 0.15) is 36.0 Å². The van der Waals surface area contributed by atoms with Crippen LogP contribution in [0.4, 0.5) is 0 Å².